The minimum absolute atomic E-state index is 0.0364. The Balaban J connectivity index is 1.14. The first-order chi connectivity index (χ1) is 30.6. The standard InChI is InChI=1S/C48H48F4N4O7S/c1-3-5-6-7-8-11-31(24-29-14-20-34(49)21-15-29)45(58)56-28-35(25-38(56)39(57)27-47(26-32(47)4-2)46(59)55-64(60,61)36-22-23-36)62-44-42-41(37-12-9-10-13-40(37)63-42)53-43(54-44)30-16-18-33(19-17-30)48(50,51)52/h3-4,9-10,12-21,31-32,35-36,38H,1-2,5-8,11,22-28H2,(H,55,59)/t31-,32-,35-,38+,47-/m1/s1. The summed E-state index contributed by atoms with van der Waals surface area (Å²) in [6, 6.07) is 16.2. The van der Waals surface area contributed by atoms with E-state index in [4.69, 9.17) is 9.15 Å². The fourth-order valence-electron chi connectivity index (χ4n) is 8.79. The van der Waals surface area contributed by atoms with Crippen LogP contribution in [0.4, 0.5) is 17.6 Å². The van der Waals surface area contributed by atoms with E-state index in [2.05, 4.69) is 27.8 Å². The monoisotopic (exact) mass is 900 g/mol. The molecule has 1 aliphatic heterocycles. The number of carbonyl (C=O) groups excluding carboxylic acids is 3. The van der Waals surface area contributed by atoms with Gasteiger partial charge in [-0.3, -0.25) is 19.1 Å². The Morgan fingerprint density at radius 1 is 0.984 bits per heavy atom. The number of allylic oxidation sites excluding steroid dienone is 2. The third kappa shape index (κ3) is 9.47. The molecule has 3 fully saturated rings. The zero-order valence-electron chi connectivity index (χ0n) is 35.0. The number of fused-ring (bicyclic) bond motifs is 3. The lowest BCUT2D eigenvalue weighted by atomic mass is 9.89. The number of hydrogen-bond donors (Lipinski definition) is 1. The molecule has 2 aliphatic carbocycles. The molecular weight excluding hydrogens is 853 g/mol. The number of nitrogens with one attached hydrogen (secondary N) is 1. The van der Waals surface area contributed by atoms with Crippen LogP contribution in [-0.2, 0) is 37.0 Å². The lowest BCUT2D eigenvalue weighted by Crippen LogP contribution is -2.46. The van der Waals surface area contributed by atoms with Gasteiger partial charge >= 0.3 is 6.18 Å². The molecule has 1 saturated heterocycles. The van der Waals surface area contributed by atoms with Crippen LogP contribution >= 0.6 is 0 Å². The molecule has 2 amide bonds. The number of nitrogens with zero attached hydrogens (tertiary/aromatic N) is 3. The van der Waals surface area contributed by atoms with Crippen molar-refractivity contribution in [3.8, 4) is 17.3 Å². The van der Waals surface area contributed by atoms with Gasteiger partial charge in [-0.05, 0) is 92.8 Å². The van der Waals surface area contributed by atoms with Crippen molar-refractivity contribution in [2.45, 2.75) is 94.2 Å². The summed E-state index contributed by atoms with van der Waals surface area (Å²) in [4.78, 5) is 54.2. The van der Waals surface area contributed by atoms with Crippen LogP contribution < -0.4 is 9.46 Å². The second kappa shape index (κ2) is 17.9. The molecule has 3 aromatic carbocycles. The van der Waals surface area contributed by atoms with E-state index in [-0.39, 0.29) is 61.0 Å². The van der Waals surface area contributed by atoms with E-state index < -0.39 is 73.9 Å². The first-order valence-electron chi connectivity index (χ1n) is 21.5. The molecule has 3 heterocycles. The molecule has 0 unspecified atom stereocenters. The number of para-hydroxylation sites is 1. The van der Waals surface area contributed by atoms with Crippen molar-refractivity contribution in [1.29, 1.82) is 0 Å². The smallest absolute Gasteiger partial charge is 0.416 e. The summed E-state index contributed by atoms with van der Waals surface area (Å²) < 4.78 is 95.2. The maximum absolute atomic E-state index is 15.0. The van der Waals surface area contributed by atoms with E-state index in [0.29, 0.717) is 42.2 Å². The first-order valence-corrected chi connectivity index (χ1v) is 23.1. The molecule has 16 heteroatoms. The van der Waals surface area contributed by atoms with Crippen molar-refractivity contribution in [2.75, 3.05) is 6.54 Å². The summed E-state index contributed by atoms with van der Waals surface area (Å²) in [5, 5.41) is -0.0695. The van der Waals surface area contributed by atoms with Gasteiger partial charge in [0.1, 0.15) is 23.0 Å². The van der Waals surface area contributed by atoms with Crippen LogP contribution in [0, 0.1) is 23.1 Å². The number of unbranched alkanes of at least 4 members (excludes halogenated alkanes) is 3. The third-order valence-corrected chi connectivity index (χ3v) is 14.4. The van der Waals surface area contributed by atoms with Crippen LogP contribution in [0.3, 0.4) is 0 Å². The number of ether oxygens (including phenoxy) is 1. The highest BCUT2D eigenvalue weighted by atomic mass is 32.2. The van der Waals surface area contributed by atoms with Crippen LogP contribution in [0.15, 0.2) is 103 Å². The quantitative estimate of drug-likeness (QED) is 0.0486. The number of sulfonamides is 1. The number of rotatable bonds is 19. The molecule has 2 aromatic heterocycles. The van der Waals surface area contributed by atoms with Gasteiger partial charge in [-0.15, -0.1) is 13.2 Å². The highest BCUT2D eigenvalue weighted by Crippen LogP contribution is 2.57. The molecule has 5 aromatic rings. The van der Waals surface area contributed by atoms with Crippen molar-refractivity contribution in [3.63, 3.8) is 0 Å². The van der Waals surface area contributed by atoms with Gasteiger partial charge in [0.05, 0.1) is 28.8 Å². The highest BCUT2D eigenvalue weighted by Gasteiger charge is 2.61. The van der Waals surface area contributed by atoms with E-state index in [9.17, 15) is 40.4 Å². The van der Waals surface area contributed by atoms with Gasteiger partial charge in [-0.2, -0.15) is 18.2 Å². The summed E-state index contributed by atoms with van der Waals surface area (Å²) in [6.45, 7) is 7.53. The number of halogens is 4. The van der Waals surface area contributed by atoms with Gasteiger partial charge in [0.15, 0.2) is 11.6 Å². The molecule has 0 radical (unpaired) electrons. The van der Waals surface area contributed by atoms with Crippen molar-refractivity contribution >= 4 is 49.7 Å². The van der Waals surface area contributed by atoms with Gasteiger partial charge in [-0.1, -0.05) is 61.4 Å². The zero-order chi connectivity index (χ0) is 45.4. The maximum Gasteiger partial charge on any atom is 0.416 e. The second-order valence-corrected chi connectivity index (χ2v) is 19.1. The van der Waals surface area contributed by atoms with E-state index in [1.807, 2.05) is 6.08 Å². The third-order valence-electron chi connectivity index (χ3n) is 12.6. The van der Waals surface area contributed by atoms with Crippen molar-refractivity contribution in [3.05, 3.63) is 115 Å². The zero-order valence-corrected chi connectivity index (χ0v) is 35.8. The van der Waals surface area contributed by atoms with Crippen LogP contribution in [0.25, 0.3) is 33.5 Å². The molecule has 0 bridgehead atoms. The second-order valence-electron chi connectivity index (χ2n) is 17.2. The van der Waals surface area contributed by atoms with Crippen LogP contribution in [-0.4, -0.2) is 64.8 Å². The van der Waals surface area contributed by atoms with E-state index in [1.165, 1.54) is 35.2 Å². The normalized spacial score (nSPS) is 21.4. The van der Waals surface area contributed by atoms with Crippen molar-refractivity contribution in [2.24, 2.45) is 17.3 Å². The molecule has 2 saturated carbocycles. The number of benzene rings is 3. The molecule has 5 atom stereocenters. The largest absolute Gasteiger partial charge is 0.470 e. The molecule has 11 nitrogen and oxygen atoms in total. The Hall–Kier alpha value is -5.90. The molecular formula is C48H48F4N4O7S. The SMILES string of the molecule is C=CCCCCC[C@H](Cc1ccc(F)cc1)C(=O)N1C[C@H](Oc2nc(-c3ccc(C(F)(F)F)cc3)nc3c2oc2ccccc23)C[C@H]1C(=O)C[C@]1(C(=O)NS(=O)(=O)C2CC2)C[C@H]1C=C. The Bertz CT molecular complexity index is 2700. The average Bonchev–Trinajstić information content (AvgIpc) is 4.18. The van der Waals surface area contributed by atoms with Gasteiger partial charge in [0.2, 0.25) is 27.4 Å². The lowest BCUT2D eigenvalue weighted by molar-refractivity contribution is -0.142. The number of furan rings is 1. The Labute approximate surface area is 368 Å². The number of hydrogen-bond acceptors (Lipinski definition) is 9. The van der Waals surface area contributed by atoms with E-state index >= 15 is 0 Å². The van der Waals surface area contributed by atoms with Crippen molar-refractivity contribution in [1.82, 2.24) is 19.6 Å². The van der Waals surface area contributed by atoms with Crippen LogP contribution in [0.1, 0.15) is 75.3 Å². The molecule has 8 rings (SSSR count). The summed E-state index contributed by atoms with van der Waals surface area (Å²) in [5.41, 5.74) is -0.298. The van der Waals surface area contributed by atoms with Crippen molar-refractivity contribution < 1.29 is 49.5 Å². The van der Waals surface area contributed by atoms with E-state index in [1.54, 1.807) is 36.4 Å². The molecule has 1 N–H and O–H groups in total. The first kappa shape index (κ1) is 44.7. The summed E-state index contributed by atoms with van der Waals surface area (Å²) in [5.74, 6) is -3.11. The molecule has 3 aliphatic rings. The summed E-state index contributed by atoms with van der Waals surface area (Å²) in [7, 11) is -3.93. The predicted octanol–water partition coefficient (Wildman–Crippen LogP) is 9.30. The Kier molecular flexibility index (Phi) is 12.5. The van der Waals surface area contributed by atoms with Crippen LogP contribution in [0.2, 0.25) is 0 Å². The predicted molar refractivity (Wildman–Crippen MR) is 232 cm³/mol. The molecule has 64 heavy (non-hydrogen) atoms. The fraction of sp³-hybridized carbons (Fsp3) is 0.396. The number of aromatic nitrogens is 2. The topological polar surface area (TPSA) is 149 Å². The van der Waals surface area contributed by atoms with Crippen LogP contribution in [0.5, 0.6) is 5.88 Å². The fourth-order valence-corrected chi connectivity index (χ4v) is 10.2. The number of likely N-dealkylation sites (tertiary alicyclic amines) is 1. The summed E-state index contributed by atoms with van der Waals surface area (Å²) >= 11 is 0. The highest BCUT2D eigenvalue weighted by molar-refractivity contribution is 7.90. The number of carbonyl (C=O) groups is 3. The number of Topliss-reactive ketones (excluding diaryl/α,β-unsaturated/α-hetero) is 1. The number of alkyl halides is 3. The molecule has 336 valence electrons. The average molecular weight is 901 g/mol. The van der Waals surface area contributed by atoms with Gasteiger partial charge in [-0.25, -0.2) is 17.8 Å². The minimum atomic E-state index is -4.56. The Morgan fingerprint density at radius 2 is 1.72 bits per heavy atom. The van der Waals surface area contributed by atoms with Gasteiger partial charge in [0.25, 0.3) is 5.88 Å². The lowest BCUT2D eigenvalue weighted by Gasteiger charge is -2.29. The maximum atomic E-state index is 15.0. The van der Waals surface area contributed by atoms with Gasteiger partial charge < -0.3 is 14.1 Å². The summed E-state index contributed by atoms with van der Waals surface area (Å²) in [6.07, 6.45) is 2.51. The molecule has 0 spiro atoms. The Morgan fingerprint density at radius 3 is 2.39 bits per heavy atom. The van der Waals surface area contributed by atoms with E-state index in [0.717, 1.165) is 37.0 Å². The number of ketones is 1. The minimum Gasteiger partial charge on any atom is -0.470 e. The van der Waals surface area contributed by atoms with Gasteiger partial charge in [0, 0.05) is 29.7 Å². The number of amides is 2.